The summed E-state index contributed by atoms with van der Waals surface area (Å²) in [6.45, 7) is 16.6. The molecule has 3 nitrogen and oxygen atoms in total. The summed E-state index contributed by atoms with van der Waals surface area (Å²) in [5.41, 5.74) is 0. The second kappa shape index (κ2) is 11.4. The van der Waals surface area contributed by atoms with Crippen LogP contribution >= 0.6 is 0 Å². The molecule has 1 unspecified atom stereocenters. The van der Waals surface area contributed by atoms with E-state index in [9.17, 15) is 0 Å². The van der Waals surface area contributed by atoms with Crippen molar-refractivity contribution in [2.75, 3.05) is 45.8 Å². The summed E-state index contributed by atoms with van der Waals surface area (Å²) in [6.07, 6.45) is 1.38. The van der Waals surface area contributed by atoms with E-state index < -0.39 is 0 Å². The van der Waals surface area contributed by atoms with Crippen molar-refractivity contribution in [3.63, 3.8) is 0 Å². The summed E-state index contributed by atoms with van der Waals surface area (Å²) in [5, 5.41) is 6.80. The van der Waals surface area contributed by atoms with Gasteiger partial charge in [-0.1, -0.05) is 27.7 Å². The minimum Gasteiger partial charge on any atom is -0.316 e. The fourth-order valence-electron chi connectivity index (χ4n) is 2.13. The molecule has 0 aromatic rings. The SMILES string of the molecule is C1CN(CC2CCNC2)CCN1.CC.CC. The second-order valence-electron chi connectivity index (χ2n) is 3.91. The Morgan fingerprint density at radius 2 is 1.56 bits per heavy atom. The first-order valence-electron chi connectivity index (χ1n) is 7.09. The summed E-state index contributed by atoms with van der Waals surface area (Å²) < 4.78 is 0. The van der Waals surface area contributed by atoms with Gasteiger partial charge >= 0.3 is 0 Å². The molecule has 2 N–H and O–H groups in total. The van der Waals surface area contributed by atoms with Crippen LogP contribution in [0.15, 0.2) is 0 Å². The number of nitrogens with zero attached hydrogens (tertiary/aromatic N) is 1. The third-order valence-corrected chi connectivity index (χ3v) is 2.89. The van der Waals surface area contributed by atoms with E-state index in [2.05, 4.69) is 15.5 Å². The van der Waals surface area contributed by atoms with Crippen molar-refractivity contribution < 1.29 is 0 Å². The molecule has 0 saturated carbocycles. The fraction of sp³-hybridized carbons (Fsp3) is 1.00. The third-order valence-electron chi connectivity index (χ3n) is 2.89. The molecule has 0 spiro atoms. The third kappa shape index (κ3) is 6.46. The maximum Gasteiger partial charge on any atom is 0.0107 e. The molecule has 0 aromatic carbocycles. The largest absolute Gasteiger partial charge is 0.316 e. The molecule has 2 aliphatic heterocycles. The predicted molar refractivity (Wildman–Crippen MR) is 73.0 cm³/mol. The van der Waals surface area contributed by atoms with Crippen LogP contribution in [0.4, 0.5) is 0 Å². The van der Waals surface area contributed by atoms with Crippen LogP contribution in [0.1, 0.15) is 34.1 Å². The smallest absolute Gasteiger partial charge is 0.0107 e. The van der Waals surface area contributed by atoms with E-state index in [4.69, 9.17) is 0 Å². The first-order chi connectivity index (χ1) is 7.95. The van der Waals surface area contributed by atoms with Crippen LogP contribution in [0.5, 0.6) is 0 Å². The van der Waals surface area contributed by atoms with Crippen molar-refractivity contribution in [1.29, 1.82) is 0 Å². The van der Waals surface area contributed by atoms with Crippen LogP contribution in [0.3, 0.4) is 0 Å². The monoisotopic (exact) mass is 229 g/mol. The molecule has 0 bridgehead atoms. The van der Waals surface area contributed by atoms with E-state index in [1.54, 1.807) is 0 Å². The number of piperazine rings is 1. The maximum absolute atomic E-state index is 3.42. The Bertz CT molecular complexity index is 127. The van der Waals surface area contributed by atoms with Gasteiger partial charge in [0.15, 0.2) is 0 Å². The minimum atomic E-state index is 0.920. The quantitative estimate of drug-likeness (QED) is 0.752. The van der Waals surface area contributed by atoms with E-state index in [1.807, 2.05) is 27.7 Å². The van der Waals surface area contributed by atoms with Gasteiger partial charge in [-0.15, -0.1) is 0 Å². The van der Waals surface area contributed by atoms with Gasteiger partial charge in [-0.05, 0) is 25.4 Å². The Balaban J connectivity index is 0.000000509. The minimum absolute atomic E-state index is 0.920. The second-order valence-corrected chi connectivity index (χ2v) is 3.91. The lowest BCUT2D eigenvalue weighted by Gasteiger charge is -2.29. The lowest BCUT2D eigenvalue weighted by Crippen LogP contribution is -2.45. The highest BCUT2D eigenvalue weighted by Gasteiger charge is 2.18. The van der Waals surface area contributed by atoms with Crippen LogP contribution in [0.25, 0.3) is 0 Å². The van der Waals surface area contributed by atoms with Crippen LogP contribution in [-0.4, -0.2) is 50.7 Å². The van der Waals surface area contributed by atoms with Gasteiger partial charge in [-0.25, -0.2) is 0 Å². The molecule has 0 radical (unpaired) electrons. The summed E-state index contributed by atoms with van der Waals surface area (Å²) in [7, 11) is 0. The van der Waals surface area contributed by atoms with Gasteiger partial charge in [-0.2, -0.15) is 0 Å². The molecule has 16 heavy (non-hydrogen) atoms. The summed E-state index contributed by atoms with van der Waals surface area (Å²) >= 11 is 0. The van der Waals surface area contributed by atoms with Crippen molar-refractivity contribution >= 4 is 0 Å². The highest BCUT2D eigenvalue weighted by Crippen LogP contribution is 2.09. The van der Waals surface area contributed by atoms with E-state index in [1.165, 1.54) is 52.2 Å². The van der Waals surface area contributed by atoms with Crippen LogP contribution in [0.2, 0.25) is 0 Å². The Labute approximate surface area is 102 Å². The van der Waals surface area contributed by atoms with Crippen LogP contribution in [-0.2, 0) is 0 Å². The van der Waals surface area contributed by atoms with Crippen molar-refractivity contribution in [2.45, 2.75) is 34.1 Å². The van der Waals surface area contributed by atoms with Crippen molar-refractivity contribution in [1.82, 2.24) is 15.5 Å². The maximum atomic E-state index is 3.42. The zero-order valence-electron chi connectivity index (χ0n) is 11.7. The molecular formula is C13H31N3. The fourth-order valence-corrected chi connectivity index (χ4v) is 2.13. The van der Waals surface area contributed by atoms with Gasteiger partial charge in [-0.3, -0.25) is 0 Å². The molecule has 2 heterocycles. The summed E-state index contributed by atoms with van der Waals surface area (Å²) in [4.78, 5) is 2.59. The zero-order valence-corrected chi connectivity index (χ0v) is 11.7. The Hall–Kier alpha value is -0.120. The summed E-state index contributed by atoms with van der Waals surface area (Å²) in [6, 6.07) is 0. The van der Waals surface area contributed by atoms with Gasteiger partial charge in [0.2, 0.25) is 0 Å². The summed E-state index contributed by atoms with van der Waals surface area (Å²) in [5.74, 6) is 0.920. The standard InChI is InChI=1S/C9H19N3.2C2H6/c1-2-11-7-9(1)8-12-5-3-10-4-6-12;2*1-2/h9-11H,1-8H2;2*1-2H3. The molecule has 2 aliphatic rings. The number of nitrogens with one attached hydrogen (secondary N) is 2. The van der Waals surface area contributed by atoms with E-state index >= 15 is 0 Å². The van der Waals surface area contributed by atoms with Crippen molar-refractivity contribution in [3.05, 3.63) is 0 Å². The number of hydrogen-bond acceptors (Lipinski definition) is 3. The zero-order chi connectivity index (χ0) is 12.2. The van der Waals surface area contributed by atoms with Crippen LogP contribution in [0, 0.1) is 5.92 Å². The molecule has 0 aromatic heterocycles. The molecule has 0 aliphatic carbocycles. The van der Waals surface area contributed by atoms with E-state index in [0.717, 1.165) is 5.92 Å². The van der Waals surface area contributed by atoms with E-state index in [0.29, 0.717) is 0 Å². The van der Waals surface area contributed by atoms with E-state index in [-0.39, 0.29) is 0 Å². The average molecular weight is 229 g/mol. The molecule has 3 heteroatoms. The Morgan fingerprint density at radius 3 is 2.06 bits per heavy atom. The number of rotatable bonds is 2. The molecule has 98 valence electrons. The van der Waals surface area contributed by atoms with Gasteiger partial charge in [0.05, 0.1) is 0 Å². The average Bonchev–Trinajstić information content (AvgIpc) is 2.88. The Kier molecular flexibility index (Phi) is 11.3. The highest BCUT2D eigenvalue weighted by molar-refractivity contribution is 4.77. The lowest BCUT2D eigenvalue weighted by molar-refractivity contribution is 0.211. The molecule has 0 amide bonds. The van der Waals surface area contributed by atoms with Gasteiger partial charge in [0.25, 0.3) is 0 Å². The molecule has 2 rings (SSSR count). The Morgan fingerprint density at radius 1 is 0.938 bits per heavy atom. The van der Waals surface area contributed by atoms with Gasteiger partial charge < -0.3 is 15.5 Å². The van der Waals surface area contributed by atoms with Gasteiger partial charge in [0.1, 0.15) is 0 Å². The lowest BCUT2D eigenvalue weighted by atomic mass is 10.1. The first-order valence-corrected chi connectivity index (χ1v) is 7.09. The molecule has 2 fully saturated rings. The van der Waals surface area contributed by atoms with Crippen LogP contribution < -0.4 is 10.6 Å². The number of hydrogen-bond donors (Lipinski definition) is 2. The predicted octanol–water partition coefficient (Wildman–Crippen LogP) is 1.55. The molecule has 2 saturated heterocycles. The normalized spacial score (nSPS) is 25.1. The van der Waals surface area contributed by atoms with Crippen molar-refractivity contribution in [3.8, 4) is 0 Å². The molecular weight excluding hydrogens is 198 g/mol. The topological polar surface area (TPSA) is 27.3 Å². The first kappa shape index (κ1) is 15.9. The highest BCUT2D eigenvalue weighted by atomic mass is 15.2. The van der Waals surface area contributed by atoms with Crippen molar-refractivity contribution in [2.24, 2.45) is 5.92 Å². The molecule has 1 atom stereocenters. The van der Waals surface area contributed by atoms with Gasteiger partial charge in [0, 0.05) is 32.7 Å².